The van der Waals surface area contributed by atoms with Crippen LogP contribution in [-0.2, 0) is 10.0 Å². The van der Waals surface area contributed by atoms with Gasteiger partial charge in [0.2, 0.25) is 10.0 Å². The molecule has 7 heteroatoms. The van der Waals surface area contributed by atoms with Crippen LogP contribution in [0.2, 0.25) is 0 Å². The van der Waals surface area contributed by atoms with E-state index in [2.05, 4.69) is 17.2 Å². The van der Waals surface area contributed by atoms with Gasteiger partial charge in [0.25, 0.3) is 0 Å². The average Bonchev–Trinajstić information content (AvgIpc) is 2.37. The molecule has 0 bridgehead atoms. The van der Waals surface area contributed by atoms with Gasteiger partial charge in [0.1, 0.15) is 0 Å². The Balaban J connectivity index is 2.83. The summed E-state index contributed by atoms with van der Waals surface area (Å²) in [7, 11) is -2.06. The van der Waals surface area contributed by atoms with Crippen LogP contribution in [0.3, 0.4) is 0 Å². The zero-order chi connectivity index (χ0) is 17.0. The molecule has 0 saturated heterocycles. The van der Waals surface area contributed by atoms with Crippen molar-refractivity contribution < 1.29 is 13.2 Å². The first-order chi connectivity index (χ1) is 10.1. The lowest BCUT2D eigenvalue weighted by atomic mass is 10.1. The molecule has 0 heterocycles. The Morgan fingerprint density at radius 1 is 1.27 bits per heavy atom. The van der Waals surface area contributed by atoms with Crippen LogP contribution in [0.1, 0.15) is 20.8 Å². The van der Waals surface area contributed by atoms with Gasteiger partial charge in [-0.3, -0.25) is 0 Å². The highest BCUT2D eigenvalue weighted by Crippen LogP contribution is 2.17. The quantitative estimate of drug-likeness (QED) is 0.816. The van der Waals surface area contributed by atoms with Crippen molar-refractivity contribution in [2.24, 2.45) is 0 Å². The molecule has 2 amide bonds. The molecule has 2 N–H and O–H groups in total. The first-order valence-electron chi connectivity index (χ1n) is 6.83. The van der Waals surface area contributed by atoms with E-state index in [0.29, 0.717) is 5.69 Å². The molecular formula is C15H23N3O3S. The summed E-state index contributed by atoms with van der Waals surface area (Å²) < 4.78 is 25.6. The molecule has 0 unspecified atom stereocenters. The largest absolute Gasteiger partial charge is 0.333 e. The van der Waals surface area contributed by atoms with E-state index in [1.807, 2.05) is 20.8 Å². The molecule has 0 aliphatic carbocycles. The maximum Gasteiger partial charge on any atom is 0.319 e. The monoisotopic (exact) mass is 325 g/mol. The molecule has 1 aromatic carbocycles. The molecule has 0 fully saturated rings. The number of sulfonamides is 1. The molecule has 0 radical (unpaired) electrons. The zero-order valence-electron chi connectivity index (χ0n) is 13.4. The summed E-state index contributed by atoms with van der Waals surface area (Å²) in [4.78, 5) is 11.9. The third kappa shape index (κ3) is 5.16. The minimum absolute atomic E-state index is 0.165. The van der Waals surface area contributed by atoms with Gasteiger partial charge in [0, 0.05) is 24.8 Å². The predicted octanol–water partition coefficient (Wildman–Crippen LogP) is 2.41. The smallest absolute Gasteiger partial charge is 0.319 e. The van der Waals surface area contributed by atoms with E-state index < -0.39 is 10.0 Å². The number of hydrogen-bond donors (Lipinski definition) is 2. The fraction of sp³-hybridized carbons (Fsp3) is 0.400. The van der Waals surface area contributed by atoms with Crippen molar-refractivity contribution >= 4 is 21.7 Å². The van der Waals surface area contributed by atoms with Gasteiger partial charge in [-0.1, -0.05) is 6.08 Å². The second-order valence-corrected chi connectivity index (χ2v) is 7.97. The number of amides is 2. The Bertz CT molecular complexity index is 631. The van der Waals surface area contributed by atoms with Crippen molar-refractivity contribution in [1.82, 2.24) is 9.62 Å². The molecule has 0 aromatic heterocycles. The van der Waals surface area contributed by atoms with E-state index in [1.165, 1.54) is 29.6 Å². The van der Waals surface area contributed by atoms with E-state index in [-0.39, 0.29) is 23.0 Å². The number of anilines is 1. The van der Waals surface area contributed by atoms with E-state index in [1.54, 1.807) is 12.1 Å². The molecule has 6 nitrogen and oxygen atoms in total. The Hall–Kier alpha value is -1.86. The lowest BCUT2D eigenvalue weighted by Gasteiger charge is -2.21. The number of rotatable bonds is 5. The molecule has 0 atom stereocenters. The molecule has 1 rings (SSSR count). The number of carbonyl (C=O) groups excluding carboxylic acids is 1. The van der Waals surface area contributed by atoms with Gasteiger partial charge in [0.15, 0.2) is 0 Å². The van der Waals surface area contributed by atoms with E-state index in [4.69, 9.17) is 0 Å². The Labute approximate surface area is 132 Å². The fourth-order valence-corrected chi connectivity index (χ4v) is 2.81. The first-order valence-corrected chi connectivity index (χ1v) is 8.27. The van der Waals surface area contributed by atoms with Crippen molar-refractivity contribution in [3.63, 3.8) is 0 Å². The van der Waals surface area contributed by atoms with Gasteiger partial charge >= 0.3 is 6.03 Å². The second kappa shape index (κ2) is 6.93. The molecule has 1 aromatic rings. The van der Waals surface area contributed by atoms with E-state index in [9.17, 15) is 13.2 Å². The van der Waals surface area contributed by atoms with Gasteiger partial charge in [0.05, 0.1) is 4.90 Å². The van der Waals surface area contributed by atoms with E-state index in [0.717, 1.165) is 0 Å². The molecule has 0 saturated carbocycles. The van der Waals surface area contributed by atoms with Gasteiger partial charge in [-0.15, -0.1) is 6.58 Å². The van der Waals surface area contributed by atoms with Crippen molar-refractivity contribution in [3.05, 3.63) is 36.9 Å². The van der Waals surface area contributed by atoms with Crippen LogP contribution in [0.5, 0.6) is 0 Å². The summed E-state index contributed by atoms with van der Waals surface area (Å²) in [5, 5.41) is 5.42. The van der Waals surface area contributed by atoms with Crippen LogP contribution in [-0.4, -0.2) is 37.9 Å². The van der Waals surface area contributed by atoms with E-state index >= 15 is 0 Å². The normalized spacial score (nSPS) is 12.0. The maximum absolute atomic E-state index is 12.2. The zero-order valence-corrected chi connectivity index (χ0v) is 14.2. The van der Waals surface area contributed by atoms with Crippen molar-refractivity contribution in [2.75, 3.05) is 18.9 Å². The summed E-state index contributed by atoms with van der Waals surface area (Å²) in [5.74, 6) is 0. The number of nitrogens with one attached hydrogen (secondary N) is 2. The average molecular weight is 325 g/mol. The van der Waals surface area contributed by atoms with Crippen LogP contribution in [0.4, 0.5) is 10.5 Å². The fourth-order valence-electron chi connectivity index (χ4n) is 1.67. The SMILES string of the molecule is C=CCN(C)S(=O)(=O)c1ccc(NC(=O)NC(C)(C)C)cc1. The van der Waals surface area contributed by atoms with Crippen LogP contribution in [0.15, 0.2) is 41.8 Å². The highest BCUT2D eigenvalue weighted by Gasteiger charge is 2.19. The summed E-state index contributed by atoms with van der Waals surface area (Å²) in [6, 6.07) is 5.68. The Morgan fingerprint density at radius 3 is 2.27 bits per heavy atom. The summed E-state index contributed by atoms with van der Waals surface area (Å²) in [6.07, 6.45) is 1.52. The minimum Gasteiger partial charge on any atom is -0.333 e. The van der Waals surface area contributed by atoms with Crippen LogP contribution < -0.4 is 10.6 Å². The van der Waals surface area contributed by atoms with Crippen LogP contribution in [0.25, 0.3) is 0 Å². The van der Waals surface area contributed by atoms with Crippen LogP contribution >= 0.6 is 0 Å². The maximum atomic E-state index is 12.2. The molecule has 122 valence electrons. The number of nitrogens with zero attached hydrogens (tertiary/aromatic N) is 1. The number of carbonyl (C=O) groups is 1. The summed E-state index contributed by atoms with van der Waals surface area (Å²) in [6.45, 7) is 9.37. The number of benzene rings is 1. The third-order valence-corrected chi connectivity index (χ3v) is 4.53. The van der Waals surface area contributed by atoms with Gasteiger partial charge in [-0.2, -0.15) is 4.31 Å². The van der Waals surface area contributed by atoms with Crippen LogP contribution in [0, 0.1) is 0 Å². The molecular weight excluding hydrogens is 302 g/mol. The minimum atomic E-state index is -3.54. The topological polar surface area (TPSA) is 78.5 Å². The third-order valence-electron chi connectivity index (χ3n) is 2.70. The van der Waals surface area contributed by atoms with Crippen molar-refractivity contribution in [1.29, 1.82) is 0 Å². The standard InChI is InChI=1S/C15H23N3O3S/c1-6-11-18(5)22(20,21)13-9-7-12(8-10-13)16-14(19)17-15(2,3)4/h6-10H,1,11H2,2-5H3,(H2,16,17,19). The highest BCUT2D eigenvalue weighted by molar-refractivity contribution is 7.89. The molecule has 0 spiro atoms. The van der Waals surface area contributed by atoms with Crippen molar-refractivity contribution in [3.8, 4) is 0 Å². The molecule has 22 heavy (non-hydrogen) atoms. The Morgan fingerprint density at radius 2 is 1.82 bits per heavy atom. The van der Waals surface area contributed by atoms with Gasteiger partial charge in [-0.05, 0) is 45.0 Å². The number of likely N-dealkylation sites (N-methyl/N-ethyl adjacent to an activating group) is 1. The van der Waals surface area contributed by atoms with Crippen molar-refractivity contribution in [2.45, 2.75) is 31.2 Å². The highest BCUT2D eigenvalue weighted by atomic mass is 32.2. The van der Waals surface area contributed by atoms with Gasteiger partial charge < -0.3 is 10.6 Å². The lowest BCUT2D eigenvalue weighted by Crippen LogP contribution is -2.43. The lowest BCUT2D eigenvalue weighted by molar-refractivity contribution is 0.244. The Kier molecular flexibility index (Phi) is 5.73. The number of urea groups is 1. The predicted molar refractivity (Wildman–Crippen MR) is 88.4 cm³/mol. The summed E-state index contributed by atoms with van der Waals surface area (Å²) in [5.41, 5.74) is 0.174. The molecule has 0 aliphatic rings. The first kappa shape index (κ1) is 18.2. The van der Waals surface area contributed by atoms with Gasteiger partial charge in [-0.25, -0.2) is 13.2 Å². The number of hydrogen-bond acceptors (Lipinski definition) is 3. The second-order valence-electron chi connectivity index (χ2n) is 5.93. The summed E-state index contributed by atoms with van der Waals surface area (Å²) >= 11 is 0. The molecule has 0 aliphatic heterocycles.